The third kappa shape index (κ3) is 5.48. The van der Waals surface area contributed by atoms with Crippen molar-refractivity contribution in [3.05, 3.63) is 48.2 Å². The number of pyridine rings is 1. The summed E-state index contributed by atoms with van der Waals surface area (Å²) < 4.78 is 51.6. The molecule has 7 nitrogen and oxygen atoms in total. The van der Waals surface area contributed by atoms with Gasteiger partial charge in [-0.25, -0.2) is 9.37 Å². The number of imidazole rings is 1. The van der Waals surface area contributed by atoms with E-state index in [1.807, 2.05) is 6.07 Å². The molecule has 1 unspecified atom stereocenters. The van der Waals surface area contributed by atoms with Gasteiger partial charge in [0.2, 0.25) is 16.1 Å². The van der Waals surface area contributed by atoms with Gasteiger partial charge in [0.25, 0.3) is 5.95 Å². The number of thioether (sulfide) groups is 1. The molecule has 3 rings (SSSR count). The lowest BCUT2D eigenvalue weighted by molar-refractivity contribution is -0.116. The van der Waals surface area contributed by atoms with Crippen LogP contribution < -0.4 is 4.90 Å². The van der Waals surface area contributed by atoms with Gasteiger partial charge in [-0.3, -0.25) is 14.3 Å². The summed E-state index contributed by atoms with van der Waals surface area (Å²) in [6.07, 6.45) is 1.60. The maximum Gasteiger partial charge on any atom is 0.253 e. The van der Waals surface area contributed by atoms with Crippen molar-refractivity contribution in [2.45, 2.75) is 31.9 Å². The first kappa shape index (κ1) is 25.5. The summed E-state index contributed by atoms with van der Waals surface area (Å²) >= 11 is 6.24. The predicted octanol–water partition coefficient (Wildman–Crippen LogP) is 4.92. The van der Waals surface area contributed by atoms with Gasteiger partial charge in [-0.15, -0.1) is 0 Å². The molecule has 0 bridgehead atoms. The van der Waals surface area contributed by atoms with Crippen LogP contribution in [0.3, 0.4) is 0 Å². The number of nitrogens with zero attached hydrogens (tertiary/aromatic N) is 5. The number of rotatable bonds is 8. The van der Waals surface area contributed by atoms with E-state index >= 15 is 4.39 Å². The van der Waals surface area contributed by atoms with Crippen molar-refractivity contribution in [2.75, 3.05) is 18.1 Å². The molecule has 12 heteroatoms. The zero-order valence-electron chi connectivity index (χ0n) is 18.3. The number of halogens is 3. The zero-order chi connectivity index (χ0) is 24.8. The van der Waals surface area contributed by atoms with E-state index in [1.54, 1.807) is 31.2 Å². The van der Waals surface area contributed by atoms with Crippen molar-refractivity contribution in [2.24, 2.45) is 0 Å². The average molecular weight is 508 g/mol. The number of thiocarbonyl (C=S) groups is 1. The van der Waals surface area contributed by atoms with E-state index in [0.29, 0.717) is 24.1 Å². The minimum Gasteiger partial charge on any atom is -0.479 e. The zero-order valence-corrected chi connectivity index (χ0v) is 19.9. The second kappa shape index (κ2) is 11.3. The highest BCUT2D eigenvalue weighted by molar-refractivity contribution is 8.23. The highest BCUT2D eigenvalue weighted by Crippen LogP contribution is 2.31. The smallest absolute Gasteiger partial charge is 0.253 e. The molecule has 0 saturated carbocycles. The average Bonchev–Trinajstić information content (AvgIpc) is 3.22. The SMILES string of the molecule is CCOC(=S)SC(CCC#N)CN(C(C)=O)c1nc(F)c(F)c(-n2cnc3ccccc32)c1F. The first-order chi connectivity index (χ1) is 16.3. The Morgan fingerprint density at radius 3 is 2.74 bits per heavy atom. The number of carbonyl (C=O) groups excluding carboxylic acids is 1. The summed E-state index contributed by atoms with van der Waals surface area (Å²) in [4.78, 5) is 20.9. The van der Waals surface area contributed by atoms with Crippen LogP contribution in [0.25, 0.3) is 16.7 Å². The number of carbonyl (C=O) groups is 1. The number of nitriles is 1. The highest BCUT2D eigenvalue weighted by atomic mass is 32.2. The lowest BCUT2D eigenvalue weighted by Gasteiger charge is -2.26. The van der Waals surface area contributed by atoms with Gasteiger partial charge in [-0.2, -0.15) is 19.0 Å². The molecule has 1 amide bonds. The van der Waals surface area contributed by atoms with Crippen molar-refractivity contribution in [3.63, 3.8) is 0 Å². The molecule has 0 aliphatic carbocycles. The number of hydrogen-bond donors (Lipinski definition) is 0. The minimum atomic E-state index is -1.57. The molecule has 34 heavy (non-hydrogen) atoms. The highest BCUT2D eigenvalue weighted by Gasteiger charge is 2.30. The molecule has 0 aliphatic heterocycles. The van der Waals surface area contributed by atoms with Crippen molar-refractivity contribution in [1.82, 2.24) is 14.5 Å². The maximum absolute atomic E-state index is 15.7. The standard InChI is InChI=1S/C22H20F3N5O2S2/c1-3-32-22(33)34-14(7-6-10-26)11-29(13(2)31)21-18(24)19(17(23)20(25)28-21)30-12-27-15-8-4-5-9-16(15)30/h4-5,8-9,12,14H,3,6-7,11H2,1-2H3. The van der Waals surface area contributed by atoms with Crippen LogP contribution in [0.1, 0.15) is 26.7 Å². The van der Waals surface area contributed by atoms with Crippen LogP contribution in [0.15, 0.2) is 30.6 Å². The van der Waals surface area contributed by atoms with Crippen LogP contribution in [0.2, 0.25) is 0 Å². The van der Waals surface area contributed by atoms with Crippen LogP contribution in [0.4, 0.5) is 19.0 Å². The number of amides is 1. The fraction of sp³-hybridized carbons (Fsp3) is 0.318. The van der Waals surface area contributed by atoms with Gasteiger partial charge in [0.05, 0.1) is 23.7 Å². The fourth-order valence-corrected chi connectivity index (χ4v) is 4.73. The molecule has 1 atom stereocenters. The van der Waals surface area contributed by atoms with Gasteiger partial charge in [0, 0.05) is 25.1 Å². The molecule has 0 saturated heterocycles. The van der Waals surface area contributed by atoms with Crippen molar-refractivity contribution in [3.8, 4) is 11.8 Å². The van der Waals surface area contributed by atoms with Gasteiger partial charge in [0.1, 0.15) is 12.0 Å². The largest absolute Gasteiger partial charge is 0.479 e. The minimum absolute atomic E-state index is 0.137. The van der Waals surface area contributed by atoms with E-state index in [0.717, 1.165) is 28.2 Å². The molecule has 2 aromatic heterocycles. The molecule has 0 radical (unpaired) electrons. The Morgan fingerprint density at radius 1 is 1.32 bits per heavy atom. The lowest BCUT2D eigenvalue weighted by Crippen LogP contribution is -2.37. The molecule has 0 N–H and O–H groups in total. The molecule has 178 valence electrons. The second-order valence-corrected chi connectivity index (χ2v) is 8.96. The summed E-state index contributed by atoms with van der Waals surface area (Å²) in [6.45, 7) is 3.07. The monoisotopic (exact) mass is 507 g/mol. The third-order valence-electron chi connectivity index (χ3n) is 4.82. The summed E-state index contributed by atoms with van der Waals surface area (Å²) in [7, 11) is 0. The molecule has 2 heterocycles. The lowest BCUT2D eigenvalue weighted by atomic mass is 10.2. The molecule has 0 aliphatic rings. The molecular weight excluding hydrogens is 487 g/mol. The van der Waals surface area contributed by atoms with Gasteiger partial charge in [-0.1, -0.05) is 23.9 Å². The third-order valence-corrected chi connectivity index (χ3v) is 6.25. The molecule has 0 spiro atoms. The predicted molar refractivity (Wildman–Crippen MR) is 127 cm³/mol. The normalized spacial score (nSPS) is 11.8. The van der Waals surface area contributed by atoms with Crippen LogP contribution in [-0.2, 0) is 9.53 Å². The first-order valence-electron chi connectivity index (χ1n) is 10.2. The van der Waals surface area contributed by atoms with E-state index in [4.69, 9.17) is 22.2 Å². The maximum atomic E-state index is 15.7. The van der Waals surface area contributed by atoms with Crippen LogP contribution in [0, 0.1) is 28.9 Å². The Kier molecular flexibility index (Phi) is 8.46. The topological polar surface area (TPSA) is 84.0 Å². The summed E-state index contributed by atoms with van der Waals surface area (Å²) in [5.41, 5.74) is 0.0464. The number of para-hydroxylation sites is 2. The van der Waals surface area contributed by atoms with Gasteiger partial charge >= 0.3 is 0 Å². The number of benzene rings is 1. The Bertz CT molecular complexity index is 1260. The van der Waals surface area contributed by atoms with Gasteiger partial charge in [-0.05, 0) is 37.7 Å². The summed E-state index contributed by atoms with van der Waals surface area (Å²) in [6, 6.07) is 8.57. The Balaban J connectivity index is 2.07. The number of ether oxygens (including phenoxy) is 1. The number of fused-ring (bicyclic) bond motifs is 1. The quantitative estimate of drug-likeness (QED) is 0.316. The van der Waals surface area contributed by atoms with Crippen LogP contribution in [-0.4, -0.2) is 43.2 Å². The molecular formula is C22H20F3N5O2S2. The Labute approximate surface area is 203 Å². The van der Waals surface area contributed by atoms with Gasteiger partial charge in [0.15, 0.2) is 11.6 Å². The van der Waals surface area contributed by atoms with E-state index in [1.165, 1.54) is 6.33 Å². The number of aromatic nitrogens is 3. The van der Waals surface area contributed by atoms with Crippen LogP contribution >= 0.6 is 24.0 Å². The second-order valence-electron chi connectivity index (χ2n) is 7.06. The fourth-order valence-electron chi connectivity index (χ4n) is 3.29. The summed E-state index contributed by atoms with van der Waals surface area (Å²) in [5.74, 6) is -5.64. The Morgan fingerprint density at radius 2 is 2.06 bits per heavy atom. The first-order valence-corrected chi connectivity index (χ1v) is 11.5. The van der Waals surface area contributed by atoms with E-state index in [2.05, 4.69) is 9.97 Å². The van der Waals surface area contributed by atoms with Crippen molar-refractivity contribution < 1.29 is 22.7 Å². The van der Waals surface area contributed by atoms with Gasteiger partial charge < -0.3 is 4.74 Å². The molecule has 1 aromatic carbocycles. The number of anilines is 1. The molecule has 0 fully saturated rings. The Hall–Kier alpha value is -3.17. The van der Waals surface area contributed by atoms with E-state index < -0.39 is 40.2 Å². The van der Waals surface area contributed by atoms with Crippen molar-refractivity contribution >= 4 is 51.1 Å². The van der Waals surface area contributed by atoms with Crippen LogP contribution in [0.5, 0.6) is 0 Å². The van der Waals surface area contributed by atoms with E-state index in [-0.39, 0.29) is 17.3 Å². The van der Waals surface area contributed by atoms with Crippen molar-refractivity contribution in [1.29, 1.82) is 5.26 Å². The summed E-state index contributed by atoms with van der Waals surface area (Å²) in [5, 5.41) is 8.50. The molecule has 3 aromatic rings. The number of hydrogen-bond acceptors (Lipinski definition) is 7. The van der Waals surface area contributed by atoms with E-state index in [9.17, 15) is 13.6 Å².